The van der Waals surface area contributed by atoms with Crippen molar-refractivity contribution in [2.75, 3.05) is 6.61 Å². The van der Waals surface area contributed by atoms with Crippen LogP contribution in [0, 0.1) is 6.92 Å². The van der Waals surface area contributed by atoms with E-state index >= 15 is 0 Å². The molecule has 2 rings (SSSR count). The van der Waals surface area contributed by atoms with Crippen molar-refractivity contribution < 1.29 is 9.15 Å². The molecule has 0 bridgehead atoms. The van der Waals surface area contributed by atoms with Crippen molar-refractivity contribution in [1.82, 2.24) is 10.2 Å². The molecule has 0 saturated carbocycles. The predicted octanol–water partition coefficient (Wildman–Crippen LogP) is 2.11. The Morgan fingerprint density at radius 1 is 1.33 bits per heavy atom. The first kappa shape index (κ1) is 12.9. The van der Waals surface area contributed by atoms with E-state index in [1.165, 1.54) is 0 Å². The summed E-state index contributed by atoms with van der Waals surface area (Å²) in [6.45, 7) is 2.67. The van der Waals surface area contributed by atoms with Gasteiger partial charge in [0.25, 0.3) is 0 Å². The van der Waals surface area contributed by atoms with E-state index in [1.807, 2.05) is 19.1 Å². The molecule has 2 aromatic rings. The summed E-state index contributed by atoms with van der Waals surface area (Å²) in [4.78, 5) is 0. The number of ether oxygens (including phenoxy) is 1. The molecule has 2 N–H and O–H groups in total. The van der Waals surface area contributed by atoms with Gasteiger partial charge in [0, 0.05) is 5.02 Å². The average Bonchev–Trinajstić information content (AvgIpc) is 2.80. The Labute approximate surface area is 110 Å². The van der Waals surface area contributed by atoms with E-state index < -0.39 is 0 Å². The summed E-state index contributed by atoms with van der Waals surface area (Å²) in [5.74, 6) is 1.77. The van der Waals surface area contributed by atoms with Crippen molar-refractivity contribution in [1.29, 1.82) is 0 Å². The van der Waals surface area contributed by atoms with E-state index in [-0.39, 0.29) is 6.54 Å². The highest BCUT2D eigenvalue weighted by molar-refractivity contribution is 6.30. The number of rotatable bonds is 5. The summed E-state index contributed by atoms with van der Waals surface area (Å²) in [5, 5.41) is 8.33. The minimum atomic E-state index is 0.254. The summed E-state index contributed by atoms with van der Waals surface area (Å²) in [5.41, 5.74) is 6.37. The number of hydrogen-bond donors (Lipinski definition) is 1. The van der Waals surface area contributed by atoms with Gasteiger partial charge in [0.15, 0.2) is 0 Å². The molecule has 0 aliphatic carbocycles. The van der Waals surface area contributed by atoms with E-state index in [0.29, 0.717) is 29.8 Å². The van der Waals surface area contributed by atoms with Gasteiger partial charge < -0.3 is 14.9 Å². The molecule has 96 valence electrons. The zero-order valence-electron chi connectivity index (χ0n) is 10.0. The first-order chi connectivity index (χ1) is 8.69. The fourth-order valence-electron chi connectivity index (χ4n) is 1.49. The Hall–Kier alpha value is -1.59. The standard InChI is InChI=1S/C12H14ClN3O2/c1-8-6-9(13)2-3-10(8)17-5-4-11-15-16-12(7-14)18-11/h2-3,6H,4-5,7,14H2,1H3. The molecule has 0 amide bonds. The number of halogens is 1. The summed E-state index contributed by atoms with van der Waals surface area (Å²) < 4.78 is 10.9. The average molecular weight is 268 g/mol. The van der Waals surface area contributed by atoms with E-state index in [1.54, 1.807) is 6.07 Å². The Morgan fingerprint density at radius 3 is 2.78 bits per heavy atom. The first-order valence-electron chi connectivity index (χ1n) is 5.59. The van der Waals surface area contributed by atoms with Gasteiger partial charge in [0.05, 0.1) is 19.6 Å². The third-order valence-electron chi connectivity index (χ3n) is 2.39. The van der Waals surface area contributed by atoms with Gasteiger partial charge in [-0.3, -0.25) is 0 Å². The van der Waals surface area contributed by atoms with Crippen LogP contribution >= 0.6 is 11.6 Å². The summed E-state index contributed by atoms with van der Waals surface area (Å²) in [7, 11) is 0. The molecular weight excluding hydrogens is 254 g/mol. The molecule has 0 saturated heterocycles. The van der Waals surface area contributed by atoms with Gasteiger partial charge >= 0.3 is 0 Å². The van der Waals surface area contributed by atoms with E-state index in [4.69, 9.17) is 26.5 Å². The number of aromatic nitrogens is 2. The third-order valence-corrected chi connectivity index (χ3v) is 2.63. The molecule has 18 heavy (non-hydrogen) atoms. The van der Waals surface area contributed by atoms with Gasteiger partial charge in [-0.2, -0.15) is 0 Å². The molecule has 0 radical (unpaired) electrons. The van der Waals surface area contributed by atoms with Crippen LogP contribution in [0.4, 0.5) is 0 Å². The molecule has 0 fully saturated rings. The fraction of sp³-hybridized carbons (Fsp3) is 0.333. The second-order valence-electron chi connectivity index (χ2n) is 3.80. The highest BCUT2D eigenvalue weighted by atomic mass is 35.5. The van der Waals surface area contributed by atoms with Crippen molar-refractivity contribution in [3.63, 3.8) is 0 Å². The monoisotopic (exact) mass is 267 g/mol. The maximum atomic E-state index is 5.86. The highest BCUT2D eigenvalue weighted by Gasteiger charge is 2.05. The van der Waals surface area contributed by atoms with Crippen LogP contribution in [0.5, 0.6) is 5.75 Å². The predicted molar refractivity (Wildman–Crippen MR) is 67.6 cm³/mol. The van der Waals surface area contributed by atoms with Crippen LogP contribution in [0.3, 0.4) is 0 Å². The molecule has 0 unspecified atom stereocenters. The second-order valence-corrected chi connectivity index (χ2v) is 4.24. The van der Waals surface area contributed by atoms with Crippen LogP contribution in [0.15, 0.2) is 22.6 Å². The topological polar surface area (TPSA) is 74.2 Å². The lowest BCUT2D eigenvalue weighted by Gasteiger charge is -2.07. The molecule has 0 spiro atoms. The van der Waals surface area contributed by atoms with Crippen LogP contribution < -0.4 is 10.5 Å². The Bertz CT molecular complexity index is 528. The van der Waals surface area contributed by atoms with Gasteiger partial charge in [-0.05, 0) is 30.7 Å². The molecule has 0 aliphatic heterocycles. The van der Waals surface area contributed by atoms with Gasteiger partial charge in [-0.1, -0.05) is 11.6 Å². The Balaban J connectivity index is 1.88. The van der Waals surface area contributed by atoms with Crippen molar-refractivity contribution >= 4 is 11.6 Å². The number of nitrogens with two attached hydrogens (primary N) is 1. The van der Waals surface area contributed by atoms with Gasteiger partial charge in [0.1, 0.15) is 5.75 Å². The summed E-state index contributed by atoms with van der Waals surface area (Å²) >= 11 is 5.86. The lowest BCUT2D eigenvalue weighted by molar-refractivity contribution is 0.302. The third kappa shape index (κ3) is 3.21. The summed E-state index contributed by atoms with van der Waals surface area (Å²) in [6, 6.07) is 5.50. The fourth-order valence-corrected chi connectivity index (χ4v) is 1.72. The largest absolute Gasteiger partial charge is 0.493 e. The molecule has 0 aliphatic rings. The molecule has 1 aromatic carbocycles. The van der Waals surface area contributed by atoms with Crippen molar-refractivity contribution in [3.8, 4) is 5.75 Å². The van der Waals surface area contributed by atoms with Crippen molar-refractivity contribution in [2.45, 2.75) is 19.9 Å². The van der Waals surface area contributed by atoms with Crippen LogP contribution in [0.25, 0.3) is 0 Å². The Kier molecular flexibility index (Phi) is 4.17. The lowest BCUT2D eigenvalue weighted by atomic mass is 10.2. The molecule has 0 atom stereocenters. The van der Waals surface area contributed by atoms with Crippen molar-refractivity contribution in [3.05, 3.63) is 40.6 Å². The number of benzene rings is 1. The van der Waals surface area contributed by atoms with Crippen LogP contribution in [-0.4, -0.2) is 16.8 Å². The van der Waals surface area contributed by atoms with E-state index in [2.05, 4.69) is 10.2 Å². The SMILES string of the molecule is Cc1cc(Cl)ccc1OCCc1nnc(CN)o1. The molecule has 5 nitrogen and oxygen atoms in total. The van der Waals surface area contributed by atoms with Crippen LogP contribution in [0.2, 0.25) is 5.02 Å². The van der Waals surface area contributed by atoms with Gasteiger partial charge in [-0.25, -0.2) is 0 Å². The summed E-state index contributed by atoms with van der Waals surface area (Å²) in [6.07, 6.45) is 0.551. The van der Waals surface area contributed by atoms with E-state index in [9.17, 15) is 0 Å². The van der Waals surface area contributed by atoms with Gasteiger partial charge in [-0.15, -0.1) is 10.2 Å². The first-order valence-corrected chi connectivity index (χ1v) is 5.97. The van der Waals surface area contributed by atoms with Crippen molar-refractivity contribution in [2.24, 2.45) is 5.73 Å². The lowest BCUT2D eigenvalue weighted by Crippen LogP contribution is -2.02. The normalized spacial score (nSPS) is 10.6. The van der Waals surface area contributed by atoms with Crippen LogP contribution in [0.1, 0.15) is 17.3 Å². The quantitative estimate of drug-likeness (QED) is 0.898. The maximum Gasteiger partial charge on any atom is 0.230 e. The second kappa shape index (κ2) is 5.84. The zero-order chi connectivity index (χ0) is 13.0. The molecule has 1 heterocycles. The number of hydrogen-bond acceptors (Lipinski definition) is 5. The minimum absolute atomic E-state index is 0.254. The zero-order valence-corrected chi connectivity index (χ0v) is 10.8. The van der Waals surface area contributed by atoms with Gasteiger partial charge in [0.2, 0.25) is 11.8 Å². The Morgan fingerprint density at radius 2 is 2.11 bits per heavy atom. The smallest absolute Gasteiger partial charge is 0.230 e. The maximum absolute atomic E-state index is 5.86. The molecule has 6 heteroatoms. The van der Waals surface area contributed by atoms with Crippen LogP contribution in [-0.2, 0) is 13.0 Å². The molecular formula is C12H14ClN3O2. The number of aryl methyl sites for hydroxylation is 1. The minimum Gasteiger partial charge on any atom is -0.493 e. The van der Waals surface area contributed by atoms with E-state index in [0.717, 1.165) is 11.3 Å². The number of nitrogens with zero attached hydrogens (tertiary/aromatic N) is 2. The molecule has 1 aromatic heterocycles. The highest BCUT2D eigenvalue weighted by Crippen LogP contribution is 2.21.